The summed E-state index contributed by atoms with van der Waals surface area (Å²) < 4.78 is 35.3. The summed E-state index contributed by atoms with van der Waals surface area (Å²) in [4.78, 5) is 31.7. The van der Waals surface area contributed by atoms with Gasteiger partial charge in [0.25, 0.3) is 0 Å². The van der Waals surface area contributed by atoms with Crippen molar-refractivity contribution in [1.29, 1.82) is 0 Å². The molecule has 0 saturated heterocycles. The summed E-state index contributed by atoms with van der Waals surface area (Å²) in [5.74, 6) is -1.24. The van der Waals surface area contributed by atoms with Crippen molar-refractivity contribution in [3.05, 3.63) is 70.7 Å². The summed E-state index contributed by atoms with van der Waals surface area (Å²) in [5, 5.41) is 0. The molecule has 1 aliphatic carbocycles. The number of nitrogens with zero attached hydrogens (tertiary/aromatic N) is 1. The summed E-state index contributed by atoms with van der Waals surface area (Å²) in [5.41, 5.74) is 3.34. The maximum absolute atomic E-state index is 13.8. The number of hydrogen-bond acceptors (Lipinski definition) is 7. The van der Waals surface area contributed by atoms with Crippen LogP contribution >= 0.6 is 0 Å². The highest BCUT2D eigenvalue weighted by atomic mass is 19.1. The molecule has 1 unspecified atom stereocenters. The lowest BCUT2D eigenvalue weighted by Gasteiger charge is -2.36. The van der Waals surface area contributed by atoms with Gasteiger partial charge in [-0.25, -0.2) is 4.39 Å². The van der Waals surface area contributed by atoms with E-state index in [4.69, 9.17) is 23.9 Å². The van der Waals surface area contributed by atoms with Crippen LogP contribution in [0.4, 0.5) is 4.39 Å². The van der Waals surface area contributed by atoms with Gasteiger partial charge in [0.05, 0.1) is 20.8 Å². The first-order valence-electron chi connectivity index (χ1n) is 12.4. The van der Waals surface area contributed by atoms with Gasteiger partial charge in [0.1, 0.15) is 18.3 Å². The second-order valence-corrected chi connectivity index (χ2v) is 9.13. The van der Waals surface area contributed by atoms with Gasteiger partial charge in [0.2, 0.25) is 0 Å². The first kappa shape index (κ1) is 26.5. The van der Waals surface area contributed by atoms with Gasteiger partial charge in [-0.05, 0) is 61.6 Å². The van der Waals surface area contributed by atoms with E-state index in [2.05, 4.69) is 0 Å². The van der Waals surface area contributed by atoms with Crippen molar-refractivity contribution < 1.29 is 32.9 Å². The number of aliphatic imine (C=N–C) groups is 1. The normalized spacial score (nSPS) is 21.3. The topological polar surface area (TPSA) is 83.4 Å². The van der Waals surface area contributed by atoms with Gasteiger partial charge >= 0.3 is 5.97 Å². The second-order valence-electron chi connectivity index (χ2n) is 9.13. The van der Waals surface area contributed by atoms with Crippen LogP contribution < -0.4 is 9.47 Å². The molecule has 3 atom stereocenters. The Kier molecular flexibility index (Phi) is 8.38. The Hall–Kier alpha value is -3.52. The molecular weight excluding hydrogens is 477 g/mol. The Bertz CT molecular complexity index is 1220. The zero-order valence-corrected chi connectivity index (χ0v) is 21.6. The van der Waals surface area contributed by atoms with Crippen molar-refractivity contribution in [2.75, 3.05) is 34.0 Å². The van der Waals surface area contributed by atoms with E-state index in [0.29, 0.717) is 47.1 Å². The predicted octanol–water partition coefficient (Wildman–Crippen LogP) is 5.00. The third-order valence-electron chi connectivity index (χ3n) is 6.93. The van der Waals surface area contributed by atoms with E-state index in [1.54, 1.807) is 33.3 Å². The Morgan fingerprint density at radius 2 is 1.70 bits per heavy atom. The number of ether oxygens (including phenoxy) is 4. The maximum Gasteiger partial charge on any atom is 0.315 e. The minimum absolute atomic E-state index is 0.0845. The maximum atomic E-state index is 13.8. The van der Waals surface area contributed by atoms with Crippen molar-refractivity contribution in [3.63, 3.8) is 0 Å². The summed E-state index contributed by atoms with van der Waals surface area (Å²) >= 11 is 0. The molecule has 0 spiro atoms. The van der Waals surface area contributed by atoms with Crippen LogP contribution in [0, 0.1) is 11.7 Å². The smallest absolute Gasteiger partial charge is 0.315 e. The Balaban J connectivity index is 1.70. The zero-order valence-electron chi connectivity index (χ0n) is 21.6. The number of halogens is 1. The lowest BCUT2D eigenvalue weighted by Crippen LogP contribution is -2.38. The van der Waals surface area contributed by atoms with Crippen molar-refractivity contribution in [2.24, 2.45) is 10.9 Å². The third-order valence-corrected chi connectivity index (χ3v) is 6.93. The van der Waals surface area contributed by atoms with E-state index in [9.17, 15) is 14.0 Å². The first-order chi connectivity index (χ1) is 17.9. The lowest BCUT2D eigenvalue weighted by atomic mass is 9.69. The van der Waals surface area contributed by atoms with Crippen molar-refractivity contribution in [2.45, 2.75) is 38.5 Å². The van der Waals surface area contributed by atoms with Gasteiger partial charge in [-0.2, -0.15) is 0 Å². The highest BCUT2D eigenvalue weighted by molar-refractivity contribution is 6.09. The number of benzene rings is 2. The summed E-state index contributed by atoms with van der Waals surface area (Å²) in [6.07, 6.45) is 0.782. The molecule has 8 heteroatoms. The molecule has 37 heavy (non-hydrogen) atoms. The molecule has 4 rings (SSSR count). The Labute approximate surface area is 216 Å². The molecule has 0 radical (unpaired) electrons. The number of rotatable bonds is 9. The number of allylic oxidation sites excluding steroid dienone is 2. The molecule has 2 aromatic rings. The number of ketones is 1. The van der Waals surface area contributed by atoms with Crippen LogP contribution in [-0.2, 0) is 19.1 Å². The van der Waals surface area contributed by atoms with Crippen LogP contribution in [0.3, 0.4) is 0 Å². The standard InChI is InChI=1S/C29H32FNO6/c1-5-36-12-13-37-29(33)26-17(2)31-22-14-20(19-8-11-24(34-3)25(16-19)35-4)15-23(32)28(22)27(26)18-6-9-21(30)10-7-18/h6-11,16,20,26-27H,5,12-15H2,1-4H3/t20-,26?,27-/m1/s1. The van der Waals surface area contributed by atoms with E-state index in [-0.39, 0.29) is 31.3 Å². The first-order valence-corrected chi connectivity index (χ1v) is 12.4. The van der Waals surface area contributed by atoms with Crippen LogP contribution in [0.1, 0.15) is 49.7 Å². The van der Waals surface area contributed by atoms with Crippen LogP contribution in [0.2, 0.25) is 0 Å². The molecule has 0 fully saturated rings. The number of carbonyl (C=O) groups excluding carboxylic acids is 2. The van der Waals surface area contributed by atoms with Gasteiger partial charge < -0.3 is 18.9 Å². The van der Waals surface area contributed by atoms with Crippen LogP contribution in [-0.4, -0.2) is 51.5 Å². The lowest BCUT2D eigenvalue weighted by molar-refractivity contribution is -0.148. The molecule has 0 saturated carbocycles. The van der Waals surface area contributed by atoms with Gasteiger partial charge in [-0.1, -0.05) is 18.2 Å². The largest absolute Gasteiger partial charge is 0.493 e. The molecule has 0 aromatic heterocycles. The average Bonchev–Trinajstić information content (AvgIpc) is 2.90. The number of Topliss-reactive ketones (excluding diaryl/α,β-unsaturated/α-hetero) is 1. The summed E-state index contributed by atoms with van der Waals surface area (Å²) in [7, 11) is 3.15. The SMILES string of the molecule is CCOCCOC(=O)C1C(C)=NC2=C(C(=O)C[C@H](c3ccc(OC)c(OC)c3)C2)[C@@H]1c1ccc(F)cc1. The highest BCUT2D eigenvalue weighted by Gasteiger charge is 2.44. The van der Waals surface area contributed by atoms with Gasteiger partial charge in [-0.3, -0.25) is 14.6 Å². The minimum Gasteiger partial charge on any atom is -0.493 e. The fraction of sp³-hybridized carbons (Fsp3) is 0.414. The van der Waals surface area contributed by atoms with E-state index >= 15 is 0 Å². The molecule has 7 nitrogen and oxygen atoms in total. The Morgan fingerprint density at radius 1 is 1.00 bits per heavy atom. The molecule has 2 aliphatic rings. The van der Waals surface area contributed by atoms with Crippen molar-refractivity contribution in [1.82, 2.24) is 0 Å². The molecule has 0 amide bonds. The van der Waals surface area contributed by atoms with Crippen molar-refractivity contribution in [3.8, 4) is 11.5 Å². The summed E-state index contributed by atoms with van der Waals surface area (Å²) in [6.45, 7) is 4.55. The predicted molar refractivity (Wildman–Crippen MR) is 137 cm³/mol. The fourth-order valence-electron chi connectivity index (χ4n) is 5.17. The van der Waals surface area contributed by atoms with Gasteiger partial charge in [-0.15, -0.1) is 0 Å². The number of esters is 1. The summed E-state index contributed by atoms with van der Waals surface area (Å²) in [6, 6.07) is 11.6. The fourth-order valence-corrected chi connectivity index (χ4v) is 5.17. The average molecular weight is 510 g/mol. The monoisotopic (exact) mass is 509 g/mol. The molecule has 0 N–H and O–H groups in total. The molecule has 1 aliphatic heterocycles. The molecule has 196 valence electrons. The number of carbonyl (C=O) groups is 2. The number of methoxy groups -OCH3 is 2. The molecule has 2 aromatic carbocycles. The van der Waals surface area contributed by atoms with Crippen LogP contribution in [0.15, 0.2) is 58.7 Å². The molecule has 1 heterocycles. The van der Waals surface area contributed by atoms with Gasteiger partial charge in [0, 0.05) is 35.9 Å². The zero-order chi connectivity index (χ0) is 26.5. The molecular formula is C29H32FNO6. The second kappa shape index (κ2) is 11.7. The van der Waals surface area contributed by atoms with E-state index in [1.807, 2.05) is 25.1 Å². The van der Waals surface area contributed by atoms with Gasteiger partial charge in [0.15, 0.2) is 17.3 Å². The van der Waals surface area contributed by atoms with Crippen LogP contribution in [0.25, 0.3) is 0 Å². The quantitative estimate of drug-likeness (QED) is 0.350. The minimum atomic E-state index is -0.785. The van der Waals surface area contributed by atoms with E-state index in [1.165, 1.54) is 12.1 Å². The van der Waals surface area contributed by atoms with E-state index in [0.717, 1.165) is 5.56 Å². The number of hydrogen-bond donors (Lipinski definition) is 0. The van der Waals surface area contributed by atoms with E-state index < -0.39 is 23.6 Å². The Morgan fingerprint density at radius 3 is 2.38 bits per heavy atom. The van der Waals surface area contributed by atoms with Crippen LogP contribution in [0.5, 0.6) is 11.5 Å². The highest BCUT2D eigenvalue weighted by Crippen LogP contribution is 2.47. The third kappa shape index (κ3) is 5.59. The molecule has 0 bridgehead atoms. The van der Waals surface area contributed by atoms with Crippen molar-refractivity contribution >= 4 is 17.5 Å².